The van der Waals surface area contributed by atoms with Crippen LogP contribution in [0.3, 0.4) is 0 Å². The van der Waals surface area contributed by atoms with Crippen molar-refractivity contribution in [3.63, 3.8) is 0 Å². The molecule has 2 fully saturated rings. The van der Waals surface area contributed by atoms with Crippen LogP contribution in [0, 0.1) is 0 Å². The zero-order valence-corrected chi connectivity index (χ0v) is 16.1. The van der Waals surface area contributed by atoms with E-state index in [1.165, 1.54) is 12.8 Å². The Morgan fingerprint density at radius 1 is 1.26 bits per heavy atom. The molecular weight excluding hydrogens is 358 g/mol. The Hall–Kier alpha value is -2.34. The van der Waals surface area contributed by atoms with Crippen LogP contribution in [0.5, 0.6) is 11.6 Å². The van der Waals surface area contributed by atoms with Crippen molar-refractivity contribution >= 4 is 17.7 Å². The highest BCUT2D eigenvalue weighted by Crippen LogP contribution is 2.39. The van der Waals surface area contributed by atoms with Gasteiger partial charge in [0.1, 0.15) is 17.1 Å². The summed E-state index contributed by atoms with van der Waals surface area (Å²) in [4.78, 5) is 21.7. The predicted molar refractivity (Wildman–Crippen MR) is 107 cm³/mol. The molecule has 5 nitrogen and oxygen atoms in total. The molecule has 27 heavy (non-hydrogen) atoms. The van der Waals surface area contributed by atoms with Crippen LogP contribution in [-0.4, -0.2) is 27.2 Å². The lowest BCUT2D eigenvalue weighted by molar-refractivity contribution is 0.0943. The van der Waals surface area contributed by atoms with Crippen LogP contribution in [0.25, 0.3) is 0 Å². The van der Waals surface area contributed by atoms with Crippen molar-refractivity contribution < 1.29 is 9.53 Å². The molecule has 1 amide bonds. The van der Waals surface area contributed by atoms with Crippen LogP contribution in [0.2, 0.25) is 0 Å². The number of carbonyl (C=O) groups is 1. The van der Waals surface area contributed by atoms with Gasteiger partial charge in [0, 0.05) is 23.4 Å². The molecule has 0 bridgehead atoms. The van der Waals surface area contributed by atoms with Crippen molar-refractivity contribution in [2.75, 3.05) is 0 Å². The second-order valence-corrected chi connectivity index (χ2v) is 8.27. The molecule has 0 radical (unpaired) electrons. The van der Waals surface area contributed by atoms with Gasteiger partial charge in [-0.1, -0.05) is 24.3 Å². The van der Waals surface area contributed by atoms with Crippen molar-refractivity contribution in [2.45, 2.75) is 49.8 Å². The van der Waals surface area contributed by atoms with E-state index in [9.17, 15) is 4.79 Å². The van der Waals surface area contributed by atoms with Gasteiger partial charge in [0.25, 0.3) is 5.91 Å². The van der Waals surface area contributed by atoms with E-state index in [4.69, 9.17) is 4.74 Å². The van der Waals surface area contributed by atoms with Gasteiger partial charge >= 0.3 is 0 Å². The summed E-state index contributed by atoms with van der Waals surface area (Å²) in [5.74, 6) is 1.89. The van der Waals surface area contributed by atoms with Crippen LogP contribution >= 0.6 is 11.8 Å². The zero-order valence-electron chi connectivity index (χ0n) is 15.3. The highest BCUT2D eigenvalue weighted by atomic mass is 32.2. The molecule has 140 valence electrons. The monoisotopic (exact) mass is 381 g/mol. The summed E-state index contributed by atoms with van der Waals surface area (Å²) in [5, 5.41) is 5.82. The smallest absolute Gasteiger partial charge is 0.258 e. The van der Waals surface area contributed by atoms with Crippen molar-refractivity contribution in [3.05, 3.63) is 59.4 Å². The largest absolute Gasteiger partial charge is 0.438 e. The minimum Gasteiger partial charge on any atom is -0.438 e. The van der Waals surface area contributed by atoms with Crippen LogP contribution in [-0.2, 0) is 0 Å². The van der Waals surface area contributed by atoms with Crippen molar-refractivity contribution in [2.24, 2.45) is 0 Å². The van der Waals surface area contributed by atoms with Gasteiger partial charge in [-0.25, -0.2) is 4.98 Å². The highest BCUT2D eigenvalue weighted by molar-refractivity contribution is 8.03. The number of carbonyl (C=O) groups excluding carboxylic acids is 1. The highest BCUT2D eigenvalue weighted by Gasteiger charge is 2.28. The fourth-order valence-corrected chi connectivity index (χ4v) is 3.52. The maximum Gasteiger partial charge on any atom is 0.258 e. The first-order chi connectivity index (χ1) is 13.2. The molecule has 6 heteroatoms. The van der Waals surface area contributed by atoms with Gasteiger partial charge in [0.2, 0.25) is 5.88 Å². The van der Waals surface area contributed by atoms with E-state index in [2.05, 4.69) is 20.7 Å². The van der Waals surface area contributed by atoms with E-state index >= 15 is 0 Å². The second kappa shape index (κ2) is 8.13. The van der Waals surface area contributed by atoms with Gasteiger partial charge in [-0.3, -0.25) is 4.79 Å². The second-order valence-electron chi connectivity index (χ2n) is 7.06. The molecule has 1 heterocycles. The van der Waals surface area contributed by atoms with Crippen LogP contribution < -0.4 is 10.1 Å². The maximum atomic E-state index is 12.8. The first kappa shape index (κ1) is 18.0. The molecule has 1 N–H and O–H groups in total. The molecule has 1 unspecified atom stereocenters. The quantitative estimate of drug-likeness (QED) is 0.720. The average molecular weight is 382 g/mol. The normalized spacial score (nSPS) is 17.7. The standard InChI is InChI=1S/C21H23N3O2S/c1-14(11-12-27-17-9-10-17)23-20(25)18-13-22-19(15-7-8-15)24-21(18)26-16-5-3-2-4-6-16/h2-6,11-15,17H,7-10H2,1H3,(H,23,25)/b12-11+. The third-order valence-corrected chi connectivity index (χ3v) is 5.61. The number of rotatable bonds is 8. The maximum absolute atomic E-state index is 12.8. The first-order valence-corrected chi connectivity index (χ1v) is 10.4. The Kier molecular flexibility index (Phi) is 5.43. The number of thioether (sulfide) groups is 1. The summed E-state index contributed by atoms with van der Waals surface area (Å²) in [6.45, 7) is 1.96. The molecule has 1 aromatic heterocycles. The molecule has 2 saturated carbocycles. The minimum atomic E-state index is -0.225. The van der Waals surface area contributed by atoms with E-state index in [1.807, 2.05) is 55.1 Å². The number of aromatic nitrogens is 2. The van der Waals surface area contributed by atoms with Gasteiger partial charge in [-0.05, 0) is 50.1 Å². The fraction of sp³-hybridized carbons (Fsp3) is 0.381. The van der Waals surface area contributed by atoms with Crippen molar-refractivity contribution in [3.8, 4) is 11.6 Å². The van der Waals surface area contributed by atoms with E-state index < -0.39 is 0 Å². The first-order valence-electron chi connectivity index (χ1n) is 9.42. The summed E-state index contributed by atoms with van der Waals surface area (Å²) >= 11 is 1.83. The molecule has 4 rings (SSSR count). The molecule has 0 saturated heterocycles. The lowest BCUT2D eigenvalue weighted by Gasteiger charge is -2.13. The fourth-order valence-electron chi connectivity index (χ4n) is 2.56. The summed E-state index contributed by atoms with van der Waals surface area (Å²) in [6.07, 6.45) is 8.37. The van der Waals surface area contributed by atoms with Crippen molar-refractivity contribution in [1.29, 1.82) is 0 Å². The lowest BCUT2D eigenvalue weighted by atomic mass is 10.2. The zero-order chi connectivity index (χ0) is 18.6. The molecular formula is C21H23N3O2S. The number of nitrogens with one attached hydrogen (secondary N) is 1. The summed E-state index contributed by atoms with van der Waals surface area (Å²) in [7, 11) is 0. The number of benzene rings is 1. The third kappa shape index (κ3) is 5.10. The molecule has 1 aromatic carbocycles. The molecule has 1 atom stereocenters. The number of nitrogens with zero attached hydrogens (tertiary/aromatic N) is 2. The number of hydrogen-bond donors (Lipinski definition) is 1. The third-order valence-electron chi connectivity index (χ3n) is 4.44. The summed E-state index contributed by atoms with van der Waals surface area (Å²) in [5.41, 5.74) is 0.360. The van der Waals surface area contributed by atoms with Gasteiger partial charge in [0.05, 0.1) is 0 Å². The van der Waals surface area contributed by atoms with Gasteiger partial charge < -0.3 is 10.1 Å². The average Bonchev–Trinajstić information content (AvgIpc) is 3.55. The Morgan fingerprint density at radius 3 is 2.74 bits per heavy atom. The Balaban J connectivity index is 1.49. The number of amides is 1. The van der Waals surface area contributed by atoms with Crippen molar-refractivity contribution in [1.82, 2.24) is 15.3 Å². The summed E-state index contributed by atoms with van der Waals surface area (Å²) < 4.78 is 5.92. The Bertz CT molecular complexity index is 833. The molecule has 0 spiro atoms. The van der Waals surface area contributed by atoms with E-state index in [0.29, 0.717) is 23.1 Å². The Morgan fingerprint density at radius 2 is 2.04 bits per heavy atom. The predicted octanol–water partition coefficient (Wildman–Crippen LogP) is 4.67. The van der Waals surface area contributed by atoms with Gasteiger partial charge in [-0.2, -0.15) is 4.98 Å². The van der Waals surface area contributed by atoms with E-state index in [0.717, 1.165) is 23.9 Å². The Labute approximate surface area is 163 Å². The SMILES string of the molecule is CC(/C=C/SC1CC1)NC(=O)c1cnc(C2CC2)nc1Oc1ccccc1. The molecule has 0 aliphatic heterocycles. The number of para-hydroxylation sites is 1. The van der Waals surface area contributed by atoms with Crippen LogP contribution in [0.1, 0.15) is 54.7 Å². The molecule has 2 aliphatic rings. The number of ether oxygens (including phenoxy) is 1. The minimum absolute atomic E-state index is 0.0727. The molecule has 2 aromatic rings. The molecule has 2 aliphatic carbocycles. The summed E-state index contributed by atoms with van der Waals surface area (Å²) in [6, 6.07) is 9.33. The number of hydrogen-bond acceptors (Lipinski definition) is 5. The lowest BCUT2D eigenvalue weighted by Crippen LogP contribution is -2.31. The van der Waals surface area contributed by atoms with E-state index in [1.54, 1.807) is 6.20 Å². The van der Waals surface area contributed by atoms with Crippen LogP contribution in [0.15, 0.2) is 48.0 Å². The van der Waals surface area contributed by atoms with Gasteiger partial charge in [0.15, 0.2) is 0 Å². The topological polar surface area (TPSA) is 64.1 Å². The van der Waals surface area contributed by atoms with E-state index in [-0.39, 0.29) is 11.9 Å². The van der Waals surface area contributed by atoms with Crippen LogP contribution in [0.4, 0.5) is 0 Å². The van der Waals surface area contributed by atoms with Gasteiger partial charge in [-0.15, -0.1) is 11.8 Å².